The number of rotatable bonds is 6. The number of hydrogen-bond acceptors (Lipinski definition) is 3. The third kappa shape index (κ3) is 5.11. The normalized spacial score (nSPS) is 15.3. The van der Waals surface area contributed by atoms with Crippen LogP contribution in [0.15, 0.2) is 0 Å². The number of carboxylic acids is 1. The number of hydrogen-bond donors (Lipinski definition) is 3. The summed E-state index contributed by atoms with van der Waals surface area (Å²) >= 11 is 0. The van der Waals surface area contributed by atoms with Gasteiger partial charge in [0.1, 0.15) is 0 Å². The Hall–Kier alpha value is -1.10. The van der Waals surface area contributed by atoms with Gasteiger partial charge in [-0.05, 0) is 19.8 Å². The standard InChI is InChI=1S/C11H22N2O3/c1-5-7(2)9(12)10(16)13-11(3,4)6-8(14)15/h7,9H,5-6,12H2,1-4H3,(H,13,16)(H,14,15)/t7-,9-/m0/s1. The molecule has 0 aromatic heterocycles. The number of aliphatic carboxylic acids is 1. The Bertz CT molecular complexity index is 264. The minimum atomic E-state index is -0.942. The van der Waals surface area contributed by atoms with Crippen LogP contribution in [0.4, 0.5) is 0 Å². The summed E-state index contributed by atoms with van der Waals surface area (Å²) in [6.07, 6.45) is 0.694. The molecular weight excluding hydrogens is 208 g/mol. The van der Waals surface area contributed by atoms with Gasteiger partial charge in [-0.25, -0.2) is 0 Å². The molecule has 4 N–H and O–H groups in total. The fraction of sp³-hybridized carbons (Fsp3) is 0.818. The number of carboxylic acid groups (broad SMARTS) is 1. The Balaban J connectivity index is 4.38. The van der Waals surface area contributed by atoms with Crippen molar-refractivity contribution in [1.29, 1.82) is 0 Å². The van der Waals surface area contributed by atoms with Gasteiger partial charge >= 0.3 is 5.97 Å². The minimum absolute atomic E-state index is 0.0839. The zero-order valence-electron chi connectivity index (χ0n) is 10.4. The van der Waals surface area contributed by atoms with Crippen LogP contribution < -0.4 is 11.1 Å². The maximum absolute atomic E-state index is 11.7. The van der Waals surface area contributed by atoms with E-state index in [4.69, 9.17) is 10.8 Å². The molecule has 0 fully saturated rings. The second-order valence-electron chi connectivity index (χ2n) is 4.85. The Morgan fingerprint density at radius 1 is 1.44 bits per heavy atom. The lowest BCUT2D eigenvalue weighted by Crippen LogP contribution is -2.53. The Morgan fingerprint density at radius 2 is 1.94 bits per heavy atom. The summed E-state index contributed by atoms with van der Waals surface area (Å²) in [5.41, 5.74) is 4.98. The first kappa shape index (κ1) is 14.9. The van der Waals surface area contributed by atoms with Crippen molar-refractivity contribution in [2.45, 2.75) is 52.1 Å². The lowest BCUT2D eigenvalue weighted by molar-refractivity contribution is -0.138. The molecule has 0 aromatic carbocycles. The highest BCUT2D eigenvalue weighted by Crippen LogP contribution is 2.11. The summed E-state index contributed by atoms with van der Waals surface area (Å²) in [6, 6.07) is -0.585. The van der Waals surface area contributed by atoms with Crippen molar-refractivity contribution < 1.29 is 14.7 Å². The van der Waals surface area contributed by atoms with Crippen LogP contribution in [0, 0.1) is 5.92 Å². The first-order valence-electron chi connectivity index (χ1n) is 5.49. The molecule has 0 aliphatic rings. The van der Waals surface area contributed by atoms with Gasteiger partial charge in [0, 0.05) is 5.54 Å². The highest BCUT2D eigenvalue weighted by molar-refractivity contribution is 5.83. The molecule has 0 radical (unpaired) electrons. The van der Waals surface area contributed by atoms with E-state index in [-0.39, 0.29) is 18.2 Å². The average Bonchev–Trinajstić information content (AvgIpc) is 2.12. The maximum atomic E-state index is 11.7. The van der Waals surface area contributed by atoms with Crippen LogP contribution >= 0.6 is 0 Å². The molecule has 0 aliphatic heterocycles. The van der Waals surface area contributed by atoms with E-state index in [1.165, 1.54) is 0 Å². The largest absolute Gasteiger partial charge is 0.481 e. The molecule has 0 spiro atoms. The first-order chi connectivity index (χ1) is 7.19. The van der Waals surface area contributed by atoms with Crippen molar-refractivity contribution in [3.63, 3.8) is 0 Å². The van der Waals surface area contributed by atoms with E-state index in [0.29, 0.717) is 0 Å². The van der Waals surface area contributed by atoms with E-state index in [2.05, 4.69) is 5.32 Å². The SMILES string of the molecule is CC[C@H](C)[C@H](N)C(=O)NC(C)(C)CC(=O)O. The predicted molar refractivity (Wildman–Crippen MR) is 61.9 cm³/mol. The zero-order chi connectivity index (χ0) is 12.9. The van der Waals surface area contributed by atoms with Gasteiger partial charge in [0.2, 0.25) is 5.91 Å². The van der Waals surface area contributed by atoms with Crippen LogP contribution in [-0.4, -0.2) is 28.6 Å². The quantitative estimate of drug-likeness (QED) is 0.627. The van der Waals surface area contributed by atoms with Crippen molar-refractivity contribution >= 4 is 11.9 Å². The Morgan fingerprint density at radius 3 is 2.31 bits per heavy atom. The number of amides is 1. The van der Waals surface area contributed by atoms with E-state index in [9.17, 15) is 9.59 Å². The fourth-order valence-electron chi connectivity index (χ4n) is 1.35. The molecule has 16 heavy (non-hydrogen) atoms. The van der Waals surface area contributed by atoms with Crippen LogP contribution in [0.5, 0.6) is 0 Å². The van der Waals surface area contributed by atoms with Gasteiger partial charge < -0.3 is 16.2 Å². The summed E-state index contributed by atoms with van der Waals surface area (Å²) in [7, 11) is 0. The Kier molecular flexibility index (Phi) is 5.44. The highest BCUT2D eigenvalue weighted by Gasteiger charge is 2.28. The van der Waals surface area contributed by atoms with E-state index in [1.807, 2.05) is 13.8 Å². The van der Waals surface area contributed by atoms with E-state index in [0.717, 1.165) is 6.42 Å². The molecule has 1 amide bonds. The monoisotopic (exact) mass is 230 g/mol. The van der Waals surface area contributed by atoms with Crippen molar-refractivity contribution in [3.05, 3.63) is 0 Å². The van der Waals surface area contributed by atoms with E-state index >= 15 is 0 Å². The van der Waals surface area contributed by atoms with Crippen LogP contribution in [-0.2, 0) is 9.59 Å². The topological polar surface area (TPSA) is 92.4 Å². The average molecular weight is 230 g/mol. The van der Waals surface area contributed by atoms with E-state index in [1.54, 1.807) is 13.8 Å². The number of nitrogens with one attached hydrogen (secondary N) is 1. The molecule has 0 bridgehead atoms. The van der Waals surface area contributed by atoms with Crippen molar-refractivity contribution in [1.82, 2.24) is 5.32 Å². The lowest BCUT2D eigenvalue weighted by Gasteiger charge is -2.27. The number of carbonyl (C=O) groups excluding carboxylic acids is 1. The summed E-state index contributed by atoms with van der Waals surface area (Å²) in [5.74, 6) is -1.15. The van der Waals surface area contributed by atoms with Gasteiger partial charge in [-0.3, -0.25) is 9.59 Å². The molecule has 0 saturated heterocycles. The fourth-order valence-corrected chi connectivity index (χ4v) is 1.35. The molecule has 5 heteroatoms. The van der Waals surface area contributed by atoms with Gasteiger partial charge in [0.15, 0.2) is 0 Å². The molecule has 0 saturated carbocycles. The first-order valence-corrected chi connectivity index (χ1v) is 5.49. The van der Waals surface area contributed by atoms with Crippen LogP contribution in [0.25, 0.3) is 0 Å². The van der Waals surface area contributed by atoms with Gasteiger partial charge in [-0.2, -0.15) is 0 Å². The second-order valence-corrected chi connectivity index (χ2v) is 4.85. The van der Waals surface area contributed by atoms with Gasteiger partial charge in [-0.15, -0.1) is 0 Å². The van der Waals surface area contributed by atoms with Gasteiger partial charge in [0.05, 0.1) is 12.5 Å². The van der Waals surface area contributed by atoms with Crippen LogP contribution in [0.1, 0.15) is 40.5 Å². The minimum Gasteiger partial charge on any atom is -0.481 e. The molecule has 2 atom stereocenters. The predicted octanol–water partition coefficient (Wildman–Crippen LogP) is 0.729. The van der Waals surface area contributed by atoms with Crippen molar-refractivity contribution in [2.24, 2.45) is 11.7 Å². The Labute approximate surface area is 96.4 Å². The molecule has 0 aromatic rings. The van der Waals surface area contributed by atoms with Crippen molar-refractivity contribution in [3.8, 4) is 0 Å². The highest BCUT2D eigenvalue weighted by atomic mass is 16.4. The molecule has 5 nitrogen and oxygen atoms in total. The van der Waals surface area contributed by atoms with Gasteiger partial charge in [-0.1, -0.05) is 20.3 Å². The maximum Gasteiger partial charge on any atom is 0.305 e. The summed E-state index contributed by atoms with van der Waals surface area (Å²) in [4.78, 5) is 22.3. The molecule has 0 heterocycles. The molecule has 0 aliphatic carbocycles. The number of nitrogens with two attached hydrogens (primary N) is 1. The number of carbonyl (C=O) groups is 2. The second kappa shape index (κ2) is 5.84. The molecule has 0 unspecified atom stereocenters. The summed E-state index contributed by atoms with van der Waals surface area (Å²) in [6.45, 7) is 7.19. The molecular formula is C11H22N2O3. The summed E-state index contributed by atoms with van der Waals surface area (Å²) < 4.78 is 0. The third-order valence-corrected chi connectivity index (χ3v) is 2.61. The molecule has 94 valence electrons. The van der Waals surface area contributed by atoms with Crippen LogP contribution in [0.2, 0.25) is 0 Å². The third-order valence-electron chi connectivity index (χ3n) is 2.61. The smallest absolute Gasteiger partial charge is 0.305 e. The summed E-state index contributed by atoms with van der Waals surface area (Å²) in [5, 5.41) is 11.3. The lowest BCUT2D eigenvalue weighted by atomic mass is 9.96. The molecule has 0 rings (SSSR count). The van der Waals surface area contributed by atoms with E-state index < -0.39 is 17.6 Å². The van der Waals surface area contributed by atoms with Crippen molar-refractivity contribution in [2.75, 3.05) is 0 Å². The zero-order valence-corrected chi connectivity index (χ0v) is 10.4. The van der Waals surface area contributed by atoms with Gasteiger partial charge in [0.25, 0.3) is 0 Å². The van der Waals surface area contributed by atoms with Crippen LogP contribution in [0.3, 0.4) is 0 Å².